The van der Waals surface area contributed by atoms with E-state index in [9.17, 15) is 9.59 Å². The van der Waals surface area contributed by atoms with E-state index in [1.54, 1.807) is 33.3 Å². The molecule has 1 saturated heterocycles. The summed E-state index contributed by atoms with van der Waals surface area (Å²) in [6.45, 7) is 1.89. The summed E-state index contributed by atoms with van der Waals surface area (Å²) in [6, 6.07) is 5.45. The highest BCUT2D eigenvalue weighted by atomic mass is 32.1. The summed E-state index contributed by atoms with van der Waals surface area (Å²) in [5.41, 5.74) is 1.81. The molecule has 6 heteroatoms. The van der Waals surface area contributed by atoms with Gasteiger partial charge in [-0.15, -0.1) is 0 Å². The number of ether oxygens (including phenoxy) is 1. The van der Waals surface area contributed by atoms with Crippen molar-refractivity contribution in [3.05, 3.63) is 34.9 Å². The number of carbonyl (C=O) groups excluding carboxylic acids is 2. The number of thiocarbonyl (C=S) groups is 1. The molecule has 0 radical (unpaired) electrons. The third-order valence-electron chi connectivity index (χ3n) is 3.42. The molecule has 1 aromatic carbocycles. The molecule has 110 valence electrons. The molecule has 2 rings (SSSR count). The smallest absolute Gasteiger partial charge is 0.265 e. The zero-order valence-corrected chi connectivity index (χ0v) is 13.2. The Kier molecular flexibility index (Phi) is 4.09. The Bertz CT molecular complexity index is 641. The first kappa shape index (κ1) is 15.2. The second kappa shape index (κ2) is 5.65. The van der Waals surface area contributed by atoms with E-state index in [2.05, 4.69) is 0 Å². The fraction of sp³-hybridized carbons (Fsp3) is 0.267. The van der Waals surface area contributed by atoms with Crippen molar-refractivity contribution < 1.29 is 14.3 Å². The molecule has 5 nitrogen and oxygen atoms in total. The highest BCUT2D eigenvalue weighted by molar-refractivity contribution is 7.80. The minimum Gasteiger partial charge on any atom is -0.497 e. The summed E-state index contributed by atoms with van der Waals surface area (Å²) >= 11 is 5.05. The van der Waals surface area contributed by atoms with Crippen LogP contribution < -0.4 is 4.74 Å². The number of nitrogens with zero attached hydrogens (tertiary/aromatic N) is 2. The van der Waals surface area contributed by atoms with Crippen LogP contribution in [0.5, 0.6) is 5.75 Å². The lowest BCUT2D eigenvalue weighted by molar-refractivity contribution is -0.132. The van der Waals surface area contributed by atoms with E-state index in [1.165, 1.54) is 9.80 Å². The normalized spacial score (nSPS) is 15.6. The van der Waals surface area contributed by atoms with E-state index in [4.69, 9.17) is 17.0 Å². The van der Waals surface area contributed by atoms with Crippen molar-refractivity contribution in [3.63, 3.8) is 0 Å². The first-order chi connectivity index (χ1) is 9.86. The van der Waals surface area contributed by atoms with Gasteiger partial charge >= 0.3 is 0 Å². The Morgan fingerprint density at radius 3 is 2.19 bits per heavy atom. The Hall–Kier alpha value is -2.21. The summed E-state index contributed by atoms with van der Waals surface area (Å²) < 4.78 is 5.14. The minimum atomic E-state index is -0.390. The summed E-state index contributed by atoms with van der Waals surface area (Å²) in [4.78, 5) is 27.0. The van der Waals surface area contributed by atoms with Crippen LogP contribution in [-0.2, 0) is 9.59 Å². The lowest BCUT2D eigenvalue weighted by Gasteiger charge is -2.31. The number of amides is 2. The van der Waals surface area contributed by atoms with E-state index in [0.717, 1.165) is 16.9 Å². The van der Waals surface area contributed by atoms with E-state index in [-0.39, 0.29) is 10.7 Å². The second-order valence-corrected chi connectivity index (χ2v) is 5.16. The SMILES string of the molecule is COc1ccc(C=C2C(=O)N(C)C(=S)N(C)C2=O)c(C)c1. The van der Waals surface area contributed by atoms with Crippen LogP contribution in [0.3, 0.4) is 0 Å². The van der Waals surface area contributed by atoms with Crippen LogP contribution in [0.2, 0.25) is 0 Å². The molecule has 0 N–H and O–H groups in total. The van der Waals surface area contributed by atoms with Gasteiger partial charge in [0.1, 0.15) is 11.3 Å². The van der Waals surface area contributed by atoms with Crippen LogP contribution in [0, 0.1) is 6.92 Å². The van der Waals surface area contributed by atoms with Crippen LogP contribution in [0.15, 0.2) is 23.8 Å². The molecule has 1 fully saturated rings. The average Bonchev–Trinajstić information content (AvgIpc) is 2.48. The lowest BCUT2D eigenvalue weighted by atomic mass is 10.0. The van der Waals surface area contributed by atoms with Crippen LogP contribution in [-0.4, -0.2) is 47.9 Å². The molecule has 1 aliphatic rings. The van der Waals surface area contributed by atoms with Crippen molar-refractivity contribution in [3.8, 4) is 5.75 Å². The summed E-state index contributed by atoms with van der Waals surface area (Å²) in [5.74, 6) is -0.0528. The number of hydrogen-bond acceptors (Lipinski definition) is 4. The number of benzene rings is 1. The quantitative estimate of drug-likeness (QED) is 0.473. The maximum Gasteiger partial charge on any atom is 0.265 e. The monoisotopic (exact) mass is 304 g/mol. The lowest BCUT2D eigenvalue weighted by Crippen LogP contribution is -2.52. The second-order valence-electron chi connectivity index (χ2n) is 4.79. The third kappa shape index (κ3) is 2.67. The molecule has 0 bridgehead atoms. The molecule has 0 aromatic heterocycles. The van der Waals surface area contributed by atoms with Gasteiger partial charge in [0.2, 0.25) is 0 Å². The van der Waals surface area contributed by atoms with Crippen LogP contribution in [0.25, 0.3) is 6.08 Å². The number of aryl methyl sites for hydroxylation is 1. The predicted molar refractivity (Wildman–Crippen MR) is 83.8 cm³/mol. The van der Waals surface area contributed by atoms with Gasteiger partial charge in [-0.1, -0.05) is 6.07 Å². The fourth-order valence-electron chi connectivity index (χ4n) is 2.07. The largest absolute Gasteiger partial charge is 0.497 e. The molecular formula is C15H16N2O3S. The fourth-order valence-corrected chi connectivity index (χ4v) is 2.23. The van der Waals surface area contributed by atoms with Crippen LogP contribution >= 0.6 is 12.2 Å². The van der Waals surface area contributed by atoms with Crippen molar-refractivity contribution in [2.24, 2.45) is 0 Å². The van der Waals surface area contributed by atoms with Crippen molar-refractivity contribution in [2.45, 2.75) is 6.92 Å². The molecular weight excluding hydrogens is 288 g/mol. The summed E-state index contributed by atoms with van der Waals surface area (Å²) in [5, 5.41) is 0.202. The minimum absolute atomic E-state index is 0.0990. The van der Waals surface area contributed by atoms with Gasteiger partial charge in [-0.25, -0.2) is 0 Å². The molecule has 1 aromatic rings. The first-order valence-corrected chi connectivity index (χ1v) is 6.74. The standard InChI is InChI=1S/C15H16N2O3S/c1-9-7-11(20-4)6-5-10(9)8-12-13(18)16(2)15(21)17(3)14(12)19/h5-8H,1-4H3. The number of rotatable bonds is 2. The maximum absolute atomic E-state index is 12.2. The average molecular weight is 304 g/mol. The van der Waals surface area contributed by atoms with Crippen molar-refractivity contribution in [2.75, 3.05) is 21.2 Å². The van der Waals surface area contributed by atoms with Gasteiger partial charge in [-0.3, -0.25) is 19.4 Å². The van der Waals surface area contributed by atoms with Gasteiger partial charge in [0.25, 0.3) is 11.8 Å². The molecule has 2 amide bonds. The van der Waals surface area contributed by atoms with E-state index < -0.39 is 11.8 Å². The summed E-state index contributed by atoms with van der Waals surface area (Å²) in [7, 11) is 4.70. The highest BCUT2D eigenvalue weighted by Crippen LogP contribution is 2.22. The van der Waals surface area contributed by atoms with Crippen LogP contribution in [0.4, 0.5) is 0 Å². The molecule has 1 heterocycles. The molecule has 0 spiro atoms. The number of carbonyl (C=O) groups is 2. The molecule has 0 saturated carbocycles. The highest BCUT2D eigenvalue weighted by Gasteiger charge is 2.35. The third-order valence-corrected chi connectivity index (χ3v) is 3.97. The van der Waals surface area contributed by atoms with E-state index in [0.29, 0.717) is 0 Å². The molecule has 0 atom stereocenters. The van der Waals surface area contributed by atoms with Crippen molar-refractivity contribution in [1.82, 2.24) is 9.80 Å². The Morgan fingerprint density at radius 1 is 1.14 bits per heavy atom. The zero-order valence-electron chi connectivity index (χ0n) is 12.3. The Labute approximate surface area is 128 Å². The first-order valence-electron chi connectivity index (χ1n) is 6.33. The molecule has 0 aliphatic carbocycles. The molecule has 21 heavy (non-hydrogen) atoms. The summed E-state index contributed by atoms with van der Waals surface area (Å²) in [6.07, 6.45) is 1.59. The number of likely N-dealkylation sites (N-methyl/N-ethyl adjacent to an activating group) is 2. The van der Waals surface area contributed by atoms with Gasteiger partial charge in [-0.2, -0.15) is 0 Å². The Morgan fingerprint density at radius 2 is 1.71 bits per heavy atom. The zero-order chi connectivity index (χ0) is 15.7. The van der Waals surface area contributed by atoms with Crippen molar-refractivity contribution in [1.29, 1.82) is 0 Å². The van der Waals surface area contributed by atoms with Crippen LogP contribution in [0.1, 0.15) is 11.1 Å². The number of methoxy groups -OCH3 is 1. The predicted octanol–water partition coefficient (Wildman–Crippen LogP) is 1.60. The number of hydrogen-bond donors (Lipinski definition) is 0. The van der Waals surface area contributed by atoms with Gasteiger partial charge in [0, 0.05) is 14.1 Å². The van der Waals surface area contributed by atoms with E-state index >= 15 is 0 Å². The van der Waals surface area contributed by atoms with Crippen molar-refractivity contribution >= 4 is 35.2 Å². The maximum atomic E-state index is 12.2. The topological polar surface area (TPSA) is 49.9 Å². The van der Waals surface area contributed by atoms with Gasteiger partial charge < -0.3 is 4.74 Å². The van der Waals surface area contributed by atoms with Gasteiger partial charge in [-0.05, 0) is 48.5 Å². The Balaban J connectivity index is 2.46. The molecule has 1 aliphatic heterocycles. The molecule has 0 unspecified atom stereocenters. The van der Waals surface area contributed by atoms with E-state index in [1.807, 2.05) is 19.1 Å². The van der Waals surface area contributed by atoms with Gasteiger partial charge in [0.15, 0.2) is 5.11 Å². The van der Waals surface area contributed by atoms with Gasteiger partial charge in [0.05, 0.1) is 7.11 Å².